The van der Waals surface area contributed by atoms with Crippen molar-refractivity contribution in [2.24, 2.45) is 0 Å². The van der Waals surface area contributed by atoms with Gasteiger partial charge in [-0.15, -0.1) is 0 Å². The summed E-state index contributed by atoms with van der Waals surface area (Å²) in [6.45, 7) is 4.65. The van der Waals surface area contributed by atoms with Crippen LogP contribution in [0.15, 0.2) is 421 Å². The molecule has 560 valence electrons. The smallest absolute Gasteiger partial charge is 0.235 e. The van der Waals surface area contributed by atoms with Gasteiger partial charge < -0.3 is 13.7 Å². The molecule has 22 aromatic rings. The summed E-state index contributed by atoms with van der Waals surface area (Å²) in [7, 11) is 0. The number of anilines is 6. The predicted octanol–water partition coefficient (Wildman–Crippen LogP) is 30.3. The molecule has 4 heterocycles. The standard InChI is InChI=1S/C57H39N3O.C54H35N3O/c1-57(2)49-23-13-11-21-44(49)45-30-29-43(35-50(45)57)60(42-27-25-37(26-28-42)36-15-5-3-6-16-36)56-58-51-24-14-12-22-46(51)55(59-56)41-32-47(38-17-7-4-8-18-38)54-48-31-39-19-9-10-20-40(39)33-52(48)61-53(54)34-41;1-4-14-36(15-5-1)37-24-28-44(29-25-37)57(43-20-8-3-9-21-43)45-30-26-39(27-31-45)54-55-49-23-13-12-22-46(49)53(56-54)42-33-47(38-16-6-2-7-17-38)52-48-32-40-18-10-11-19-41(40)34-50(48)58-51(52)35-42/h3-35H,1-2H3;1-35H. The molecular weight excluding hydrogens is 1450 g/mol. The molecule has 4 aromatic heterocycles. The SMILES string of the molecule is CC1(C)c2ccccc2-c2ccc(N(c3ccc(-c4ccccc4)cc3)c3nc(-c4cc(-c5ccccc5)c5c(c4)oc4cc6ccccc6cc45)c4ccccc4n3)cc21.c1ccc(-c2ccc(N(c3ccccc3)c3ccc(-c4nc(-c5cc(-c6ccccc6)c6c(c5)oc5cc7ccccc7cc56)c5ccccc5n4)cc3)cc2)cc1. The number of hydrogen-bond acceptors (Lipinski definition) is 8. The first-order valence-electron chi connectivity index (χ1n) is 40.5. The fourth-order valence-electron chi connectivity index (χ4n) is 17.8. The van der Waals surface area contributed by atoms with Crippen molar-refractivity contribution in [3.63, 3.8) is 0 Å². The third-order valence-corrected chi connectivity index (χ3v) is 23.7. The van der Waals surface area contributed by atoms with Crippen molar-refractivity contribution in [3.8, 4) is 89.5 Å². The zero-order valence-electron chi connectivity index (χ0n) is 65.3. The molecule has 23 rings (SSSR count). The van der Waals surface area contributed by atoms with Gasteiger partial charge in [0.15, 0.2) is 5.82 Å². The minimum atomic E-state index is -0.179. The molecule has 0 saturated heterocycles. The lowest BCUT2D eigenvalue weighted by molar-refractivity contribution is 0.660. The van der Waals surface area contributed by atoms with Crippen molar-refractivity contribution in [2.75, 3.05) is 9.80 Å². The quantitative estimate of drug-likeness (QED) is 0.113. The van der Waals surface area contributed by atoms with Gasteiger partial charge in [0.1, 0.15) is 22.3 Å². The molecule has 1 aliphatic rings. The van der Waals surface area contributed by atoms with E-state index in [0.29, 0.717) is 11.8 Å². The van der Waals surface area contributed by atoms with E-state index in [1.807, 2.05) is 12.1 Å². The first-order chi connectivity index (χ1) is 58.7. The molecule has 8 heteroatoms. The molecule has 119 heavy (non-hydrogen) atoms. The Morgan fingerprint density at radius 2 is 0.605 bits per heavy atom. The highest BCUT2D eigenvalue weighted by atomic mass is 16.3. The average Bonchev–Trinajstić information content (AvgIpc) is 1.63. The van der Waals surface area contributed by atoms with Gasteiger partial charge in [-0.25, -0.2) is 19.9 Å². The minimum Gasteiger partial charge on any atom is -0.456 e. The fourth-order valence-corrected chi connectivity index (χ4v) is 17.8. The molecule has 0 amide bonds. The van der Waals surface area contributed by atoms with E-state index < -0.39 is 0 Å². The predicted molar refractivity (Wildman–Crippen MR) is 494 cm³/mol. The third-order valence-electron chi connectivity index (χ3n) is 23.7. The van der Waals surface area contributed by atoms with Crippen LogP contribution in [0.5, 0.6) is 0 Å². The Morgan fingerprint density at radius 1 is 0.227 bits per heavy atom. The Kier molecular flexibility index (Phi) is 17.1. The highest BCUT2D eigenvalue weighted by Gasteiger charge is 2.36. The Hall–Kier alpha value is -15.6. The highest BCUT2D eigenvalue weighted by Crippen LogP contribution is 2.52. The summed E-state index contributed by atoms with van der Waals surface area (Å²) < 4.78 is 13.5. The third kappa shape index (κ3) is 12.6. The van der Waals surface area contributed by atoms with Gasteiger partial charge >= 0.3 is 0 Å². The van der Waals surface area contributed by atoms with E-state index in [2.05, 4.69) is 424 Å². The summed E-state index contributed by atoms with van der Waals surface area (Å²) in [4.78, 5) is 25.9. The van der Waals surface area contributed by atoms with Crippen molar-refractivity contribution in [1.29, 1.82) is 0 Å². The van der Waals surface area contributed by atoms with Crippen molar-refractivity contribution < 1.29 is 8.83 Å². The number of nitrogens with zero attached hydrogens (tertiary/aromatic N) is 6. The maximum atomic E-state index is 6.80. The van der Waals surface area contributed by atoms with Gasteiger partial charge in [-0.05, 0) is 222 Å². The maximum absolute atomic E-state index is 6.80. The zero-order chi connectivity index (χ0) is 79.1. The summed E-state index contributed by atoms with van der Waals surface area (Å²) in [6.07, 6.45) is 0. The summed E-state index contributed by atoms with van der Waals surface area (Å²) in [5.41, 5.74) is 29.0. The second-order valence-electron chi connectivity index (χ2n) is 31.2. The Bertz CT molecular complexity index is 7660. The van der Waals surface area contributed by atoms with Crippen LogP contribution in [0.3, 0.4) is 0 Å². The topological polar surface area (TPSA) is 84.3 Å². The van der Waals surface area contributed by atoms with Gasteiger partial charge in [-0.1, -0.05) is 293 Å². The van der Waals surface area contributed by atoms with E-state index in [4.69, 9.17) is 28.8 Å². The Balaban J connectivity index is 0.000000143. The van der Waals surface area contributed by atoms with E-state index in [1.54, 1.807) is 0 Å². The number of hydrogen-bond donors (Lipinski definition) is 0. The van der Waals surface area contributed by atoms with E-state index in [1.165, 1.54) is 49.7 Å². The van der Waals surface area contributed by atoms with Crippen LogP contribution in [-0.2, 0) is 5.41 Å². The van der Waals surface area contributed by atoms with Crippen LogP contribution in [0, 0.1) is 0 Å². The lowest BCUT2D eigenvalue weighted by atomic mass is 9.82. The lowest BCUT2D eigenvalue weighted by Gasteiger charge is -2.27. The van der Waals surface area contributed by atoms with Gasteiger partial charge in [0, 0.05) is 82.9 Å². The number of benzene rings is 18. The monoisotopic (exact) mass is 1520 g/mol. The van der Waals surface area contributed by atoms with Crippen LogP contribution in [0.4, 0.5) is 34.4 Å². The molecule has 0 saturated carbocycles. The molecule has 0 radical (unpaired) electrons. The summed E-state index contributed by atoms with van der Waals surface area (Å²) >= 11 is 0. The van der Waals surface area contributed by atoms with E-state index in [-0.39, 0.29) is 5.41 Å². The van der Waals surface area contributed by atoms with Gasteiger partial charge in [0.05, 0.1) is 22.4 Å². The second kappa shape index (κ2) is 29.0. The molecule has 0 fully saturated rings. The number of rotatable bonds is 13. The van der Waals surface area contributed by atoms with Crippen molar-refractivity contribution in [3.05, 3.63) is 424 Å². The van der Waals surface area contributed by atoms with Crippen LogP contribution in [0.2, 0.25) is 0 Å². The van der Waals surface area contributed by atoms with Crippen molar-refractivity contribution >= 4 is 122 Å². The first kappa shape index (κ1) is 70.0. The molecule has 1 aliphatic carbocycles. The molecule has 18 aromatic carbocycles. The van der Waals surface area contributed by atoms with Crippen LogP contribution in [0.25, 0.3) is 177 Å². The van der Waals surface area contributed by atoms with Crippen LogP contribution < -0.4 is 9.80 Å². The number of furan rings is 2. The van der Waals surface area contributed by atoms with Gasteiger partial charge in [0.25, 0.3) is 0 Å². The minimum absolute atomic E-state index is 0.179. The number of para-hydroxylation sites is 3. The Morgan fingerprint density at radius 3 is 1.12 bits per heavy atom. The fraction of sp³-hybridized carbons (Fsp3) is 0.0270. The molecule has 0 unspecified atom stereocenters. The molecular formula is C111H74N6O2. The molecule has 0 spiro atoms. The average molecular weight is 1520 g/mol. The molecule has 0 bridgehead atoms. The van der Waals surface area contributed by atoms with E-state index >= 15 is 0 Å². The summed E-state index contributed by atoms with van der Waals surface area (Å²) in [5.74, 6) is 1.25. The summed E-state index contributed by atoms with van der Waals surface area (Å²) in [6, 6.07) is 146. The molecule has 0 N–H and O–H groups in total. The molecule has 0 aliphatic heterocycles. The van der Waals surface area contributed by atoms with Crippen molar-refractivity contribution in [1.82, 2.24) is 19.9 Å². The number of fused-ring (bicyclic) bond motifs is 13. The summed E-state index contributed by atoms with van der Waals surface area (Å²) in [5, 5.41) is 11.0. The van der Waals surface area contributed by atoms with Gasteiger partial charge in [-0.3, -0.25) is 4.90 Å². The van der Waals surface area contributed by atoms with E-state index in [0.717, 1.165) is 161 Å². The second-order valence-corrected chi connectivity index (χ2v) is 31.2. The molecule has 0 atom stereocenters. The zero-order valence-corrected chi connectivity index (χ0v) is 65.3. The maximum Gasteiger partial charge on any atom is 0.235 e. The van der Waals surface area contributed by atoms with Gasteiger partial charge in [0.2, 0.25) is 5.95 Å². The Labute approximate surface area is 688 Å². The normalized spacial score (nSPS) is 12.2. The molecule has 8 nitrogen and oxygen atoms in total. The first-order valence-corrected chi connectivity index (χ1v) is 40.5. The number of aromatic nitrogens is 4. The van der Waals surface area contributed by atoms with Crippen molar-refractivity contribution in [2.45, 2.75) is 19.3 Å². The largest absolute Gasteiger partial charge is 0.456 e. The lowest BCUT2D eigenvalue weighted by Crippen LogP contribution is -2.17. The highest BCUT2D eigenvalue weighted by molar-refractivity contribution is 6.19. The van der Waals surface area contributed by atoms with Crippen LogP contribution >= 0.6 is 0 Å². The van der Waals surface area contributed by atoms with E-state index in [9.17, 15) is 0 Å². The van der Waals surface area contributed by atoms with Crippen LogP contribution in [0.1, 0.15) is 25.0 Å². The van der Waals surface area contributed by atoms with Gasteiger partial charge in [-0.2, -0.15) is 0 Å². The van der Waals surface area contributed by atoms with Crippen LogP contribution in [-0.4, -0.2) is 19.9 Å².